The highest BCUT2D eigenvalue weighted by molar-refractivity contribution is 5.78. The lowest BCUT2D eigenvalue weighted by atomic mass is 9.81. The molecule has 102 valence electrons. The molecule has 0 aliphatic heterocycles. The zero-order valence-electron chi connectivity index (χ0n) is 12.2. The molecule has 1 aromatic carbocycles. The van der Waals surface area contributed by atoms with E-state index in [4.69, 9.17) is 5.26 Å². The molecule has 3 nitrogen and oxygen atoms in total. The number of carbonyl (C=O) groups is 1. The highest BCUT2D eigenvalue weighted by Gasteiger charge is 2.22. The number of rotatable bonds is 5. The van der Waals surface area contributed by atoms with Crippen LogP contribution in [0, 0.1) is 22.7 Å². The number of nitrogens with zero attached hydrogens (tertiary/aromatic N) is 1. The third kappa shape index (κ3) is 4.75. The fourth-order valence-corrected chi connectivity index (χ4v) is 1.48. The Bertz CT molecular complexity index is 467. The number of hydrogen-bond donors (Lipinski definition) is 1. The van der Waals surface area contributed by atoms with Crippen molar-refractivity contribution in [1.82, 2.24) is 5.32 Å². The molecular weight excluding hydrogens is 236 g/mol. The average molecular weight is 258 g/mol. The summed E-state index contributed by atoms with van der Waals surface area (Å²) in [5.41, 5.74) is 1.64. The summed E-state index contributed by atoms with van der Waals surface area (Å²) in [7, 11) is 0. The Balaban J connectivity index is 2.49. The molecule has 0 radical (unpaired) electrons. The van der Waals surface area contributed by atoms with Crippen LogP contribution in [0.4, 0.5) is 0 Å². The molecule has 1 amide bonds. The maximum absolute atomic E-state index is 11.9. The first kappa shape index (κ1) is 15.2. The van der Waals surface area contributed by atoms with Crippen LogP contribution in [0.25, 0.3) is 0 Å². The van der Waals surface area contributed by atoms with E-state index in [1.165, 1.54) is 0 Å². The van der Waals surface area contributed by atoms with E-state index in [2.05, 4.69) is 39.1 Å². The molecule has 0 atom stereocenters. The van der Waals surface area contributed by atoms with Crippen molar-refractivity contribution >= 4 is 5.91 Å². The Labute approximate surface area is 115 Å². The molecule has 3 heteroatoms. The minimum absolute atomic E-state index is 0.0263. The molecule has 1 N–H and O–H groups in total. The van der Waals surface area contributed by atoms with E-state index in [0.29, 0.717) is 24.4 Å². The highest BCUT2D eigenvalue weighted by atomic mass is 16.1. The fourth-order valence-electron chi connectivity index (χ4n) is 1.48. The number of hydrogen-bond acceptors (Lipinski definition) is 2. The first-order chi connectivity index (χ1) is 8.85. The van der Waals surface area contributed by atoms with Gasteiger partial charge in [0, 0.05) is 6.54 Å². The van der Waals surface area contributed by atoms with Crippen molar-refractivity contribution < 1.29 is 4.79 Å². The molecule has 0 aromatic heterocycles. The maximum atomic E-state index is 11.9. The molecule has 0 bridgehead atoms. The minimum Gasteiger partial charge on any atom is -0.355 e. The number of amides is 1. The van der Waals surface area contributed by atoms with Gasteiger partial charge in [0.15, 0.2) is 0 Å². The SMILES string of the molecule is CC(C)C(C)(C)CNC(=O)Cc1ccc(C#N)cc1. The topological polar surface area (TPSA) is 52.9 Å². The van der Waals surface area contributed by atoms with E-state index >= 15 is 0 Å². The van der Waals surface area contributed by atoms with Crippen molar-refractivity contribution in [3.8, 4) is 6.07 Å². The van der Waals surface area contributed by atoms with Gasteiger partial charge >= 0.3 is 0 Å². The molecule has 0 saturated carbocycles. The fraction of sp³-hybridized carbons (Fsp3) is 0.500. The molecule has 1 rings (SSSR count). The standard InChI is InChI=1S/C16H22N2O/c1-12(2)16(3,4)11-18-15(19)9-13-5-7-14(10-17)8-6-13/h5-8,12H,9,11H2,1-4H3,(H,18,19). The van der Waals surface area contributed by atoms with Gasteiger partial charge in [0.1, 0.15) is 0 Å². The largest absolute Gasteiger partial charge is 0.355 e. The molecule has 0 unspecified atom stereocenters. The second-order valence-electron chi connectivity index (χ2n) is 5.91. The zero-order valence-corrected chi connectivity index (χ0v) is 12.2. The van der Waals surface area contributed by atoms with Crippen molar-refractivity contribution in [3.63, 3.8) is 0 Å². The molecule has 0 heterocycles. The van der Waals surface area contributed by atoms with Gasteiger partial charge in [-0.25, -0.2) is 0 Å². The quantitative estimate of drug-likeness (QED) is 0.883. The van der Waals surface area contributed by atoms with Crippen molar-refractivity contribution in [1.29, 1.82) is 5.26 Å². The van der Waals surface area contributed by atoms with E-state index in [9.17, 15) is 4.79 Å². The van der Waals surface area contributed by atoms with Crippen molar-refractivity contribution in [2.24, 2.45) is 11.3 Å². The van der Waals surface area contributed by atoms with Crippen LogP contribution in [0.2, 0.25) is 0 Å². The third-order valence-corrected chi connectivity index (χ3v) is 3.75. The Morgan fingerprint density at radius 2 is 1.89 bits per heavy atom. The average Bonchev–Trinajstić information content (AvgIpc) is 2.37. The number of carbonyl (C=O) groups excluding carboxylic acids is 1. The van der Waals surface area contributed by atoms with Gasteiger partial charge in [-0.2, -0.15) is 5.26 Å². The lowest BCUT2D eigenvalue weighted by Gasteiger charge is -2.29. The van der Waals surface area contributed by atoms with Gasteiger partial charge in [0.2, 0.25) is 5.91 Å². The lowest BCUT2D eigenvalue weighted by Crippen LogP contribution is -2.37. The van der Waals surface area contributed by atoms with Gasteiger partial charge in [-0.3, -0.25) is 4.79 Å². The van der Waals surface area contributed by atoms with Crippen LogP contribution in [-0.4, -0.2) is 12.5 Å². The summed E-state index contributed by atoms with van der Waals surface area (Å²) in [4.78, 5) is 11.9. The first-order valence-electron chi connectivity index (χ1n) is 6.61. The predicted octanol–water partition coefficient (Wildman–Crippen LogP) is 2.90. The molecular formula is C16H22N2O. The van der Waals surface area contributed by atoms with Gasteiger partial charge < -0.3 is 5.32 Å². The summed E-state index contributed by atoms with van der Waals surface area (Å²) < 4.78 is 0. The summed E-state index contributed by atoms with van der Waals surface area (Å²) in [5.74, 6) is 0.543. The van der Waals surface area contributed by atoms with Crippen LogP contribution in [0.1, 0.15) is 38.8 Å². The van der Waals surface area contributed by atoms with E-state index in [1.54, 1.807) is 12.1 Å². The molecule has 0 fully saturated rings. The number of nitriles is 1. The molecule has 0 aliphatic rings. The normalized spacial score (nSPS) is 11.2. The molecule has 0 saturated heterocycles. The van der Waals surface area contributed by atoms with Crippen molar-refractivity contribution in [3.05, 3.63) is 35.4 Å². The van der Waals surface area contributed by atoms with Gasteiger partial charge in [-0.05, 0) is 29.0 Å². The number of nitrogens with one attached hydrogen (secondary N) is 1. The van der Waals surface area contributed by atoms with E-state index in [-0.39, 0.29) is 11.3 Å². The molecule has 0 aliphatic carbocycles. The Kier molecular flexibility index (Phi) is 5.11. The van der Waals surface area contributed by atoms with Crippen LogP contribution in [0.3, 0.4) is 0 Å². The molecule has 19 heavy (non-hydrogen) atoms. The smallest absolute Gasteiger partial charge is 0.224 e. The van der Waals surface area contributed by atoms with Crippen LogP contribution >= 0.6 is 0 Å². The van der Waals surface area contributed by atoms with Gasteiger partial charge in [-0.1, -0.05) is 39.8 Å². The van der Waals surface area contributed by atoms with Crippen LogP contribution in [0.5, 0.6) is 0 Å². The summed E-state index contributed by atoms with van der Waals surface area (Å²) in [6, 6.07) is 9.19. The molecule has 0 spiro atoms. The second kappa shape index (κ2) is 6.38. The van der Waals surface area contributed by atoms with Crippen molar-refractivity contribution in [2.45, 2.75) is 34.1 Å². The Morgan fingerprint density at radius 1 is 1.32 bits per heavy atom. The van der Waals surface area contributed by atoms with Gasteiger partial charge in [-0.15, -0.1) is 0 Å². The molecule has 1 aromatic rings. The van der Waals surface area contributed by atoms with Gasteiger partial charge in [0.25, 0.3) is 0 Å². The summed E-state index contributed by atoms with van der Waals surface area (Å²) in [5, 5.41) is 11.7. The summed E-state index contributed by atoms with van der Waals surface area (Å²) >= 11 is 0. The summed E-state index contributed by atoms with van der Waals surface area (Å²) in [6.07, 6.45) is 0.361. The minimum atomic E-state index is 0.0263. The van der Waals surface area contributed by atoms with Crippen LogP contribution < -0.4 is 5.32 Å². The zero-order chi connectivity index (χ0) is 14.5. The van der Waals surface area contributed by atoms with E-state index in [0.717, 1.165) is 5.56 Å². The predicted molar refractivity (Wildman–Crippen MR) is 76.5 cm³/mol. The monoisotopic (exact) mass is 258 g/mol. The van der Waals surface area contributed by atoms with Crippen LogP contribution in [0.15, 0.2) is 24.3 Å². The Morgan fingerprint density at radius 3 is 2.37 bits per heavy atom. The van der Waals surface area contributed by atoms with Crippen molar-refractivity contribution in [2.75, 3.05) is 6.54 Å². The second-order valence-corrected chi connectivity index (χ2v) is 5.91. The highest BCUT2D eigenvalue weighted by Crippen LogP contribution is 2.24. The Hall–Kier alpha value is -1.82. The lowest BCUT2D eigenvalue weighted by molar-refractivity contribution is -0.121. The third-order valence-electron chi connectivity index (χ3n) is 3.75. The van der Waals surface area contributed by atoms with Gasteiger partial charge in [0.05, 0.1) is 18.1 Å². The van der Waals surface area contributed by atoms with E-state index < -0.39 is 0 Å². The van der Waals surface area contributed by atoms with E-state index in [1.807, 2.05) is 12.1 Å². The summed E-state index contributed by atoms with van der Waals surface area (Å²) in [6.45, 7) is 9.30. The number of benzene rings is 1. The maximum Gasteiger partial charge on any atom is 0.224 e. The first-order valence-corrected chi connectivity index (χ1v) is 6.61. The van der Waals surface area contributed by atoms with Crippen LogP contribution in [-0.2, 0) is 11.2 Å².